The van der Waals surface area contributed by atoms with Crippen LogP contribution < -0.4 is 5.56 Å². The summed E-state index contributed by atoms with van der Waals surface area (Å²) in [5.41, 5.74) is -0.0632. The van der Waals surface area contributed by atoms with Gasteiger partial charge < -0.3 is 9.30 Å². The Morgan fingerprint density at radius 3 is 2.35 bits per heavy atom. The zero-order chi connectivity index (χ0) is 17.1. The first-order valence-electron chi connectivity index (χ1n) is 7.36. The van der Waals surface area contributed by atoms with Gasteiger partial charge in [0.1, 0.15) is 16.7 Å². The molecular formula is C17H18ClF2NO2. The van der Waals surface area contributed by atoms with Crippen molar-refractivity contribution < 1.29 is 13.5 Å². The molecule has 0 spiro atoms. The first-order chi connectivity index (χ1) is 11.0. The average molecular weight is 342 g/mol. The maximum Gasteiger partial charge on any atom is 0.269 e. The van der Waals surface area contributed by atoms with Gasteiger partial charge in [-0.25, -0.2) is 8.78 Å². The molecule has 0 amide bonds. The summed E-state index contributed by atoms with van der Waals surface area (Å²) < 4.78 is 35.3. The second-order valence-corrected chi connectivity index (χ2v) is 5.48. The highest BCUT2D eigenvalue weighted by atomic mass is 35.5. The predicted molar refractivity (Wildman–Crippen MR) is 86.8 cm³/mol. The van der Waals surface area contributed by atoms with E-state index >= 15 is 0 Å². The van der Waals surface area contributed by atoms with Crippen LogP contribution in [0.5, 0.6) is 0 Å². The largest absolute Gasteiger partial charge is 0.377 e. The SMILES string of the molecule is CCC(OC)c1cc(Cl)c(=O)n(CC)c1-c1c(F)cccc1F. The van der Waals surface area contributed by atoms with Gasteiger partial charge >= 0.3 is 0 Å². The zero-order valence-electron chi connectivity index (χ0n) is 13.2. The Morgan fingerprint density at radius 2 is 1.87 bits per heavy atom. The molecule has 2 rings (SSSR count). The van der Waals surface area contributed by atoms with Crippen LogP contribution >= 0.6 is 11.6 Å². The normalized spacial score (nSPS) is 12.4. The number of rotatable bonds is 5. The lowest BCUT2D eigenvalue weighted by Crippen LogP contribution is -2.24. The number of aromatic nitrogens is 1. The summed E-state index contributed by atoms with van der Waals surface area (Å²) in [4.78, 5) is 12.3. The van der Waals surface area contributed by atoms with E-state index in [1.54, 1.807) is 6.92 Å². The minimum atomic E-state index is -0.735. The molecule has 2 aromatic rings. The molecule has 0 saturated heterocycles. The van der Waals surface area contributed by atoms with Gasteiger partial charge in [0.15, 0.2) is 0 Å². The Labute approximate surface area is 138 Å². The highest BCUT2D eigenvalue weighted by Crippen LogP contribution is 2.35. The van der Waals surface area contributed by atoms with E-state index in [1.807, 2.05) is 6.92 Å². The molecule has 1 atom stereocenters. The van der Waals surface area contributed by atoms with Crippen LogP contribution in [0, 0.1) is 11.6 Å². The minimum absolute atomic E-state index is 0.00199. The third-order valence-electron chi connectivity index (χ3n) is 3.79. The molecule has 0 fully saturated rings. The lowest BCUT2D eigenvalue weighted by atomic mass is 9.98. The fourth-order valence-corrected chi connectivity index (χ4v) is 2.94. The number of nitrogens with zero attached hydrogens (tertiary/aromatic N) is 1. The summed E-state index contributed by atoms with van der Waals surface area (Å²) in [5, 5.41) is -0.00199. The van der Waals surface area contributed by atoms with E-state index in [2.05, 4.69) is 0 Å². The monoisotopic (exact) mass is 341 g/mol. The van der Waals surface area contributed by atoms with Gasteiger partial charge in [0.25, 0.3) is 5.56 Å². The molecule has 0 bridgehead atoms. The Balaban J connectivity index is 2.94. The number of hydrogen-bond donors (Lipinski definition) is 0. The molecule has 0 saturated carbocycles. The molecule has 1 heterocycles. The summed E-state index contributed by atoms with van der Waals surface area (Å²) in [5.74, 6) is -1.47. The molecule has 23 heavy (non-hydrogen) atoms. The minimum Gasteiger partial charge on any atom is -0.377 e. The van der Waals surface area contributed by atoms with Gasteiger partial charge in [0.05, 0.1) is 17.4 Å². The van der Waals surface area contributed by atoms with Crippen molar-refractivity contribution in [2.45, 2.75) is 32.9 Å². The third kappa shape index (κ3) is 3.16. The quantitative estimate of drug-likeness (QED) is 0.798. The van der Waals surface area contributed by atoms with Gasteiger partial charge in [0.2, 0.25) is 0 Å². The van der Waals surface area contributed by atoms with E-state index in [9.17, 15) is 13.6 Å². The van der Waals surface area contributed by atoms with Crippen molar-refractivity contribution in [3.63, 3.8) is 0 Å². The van der Waals surface area contributed by atoms with Gasteiger partial charge in [-0.1, -0.05) is 24.6 Å². The number of benzene rings is 1. The van der Waals surface area contributed by atoms with Crippen molar-refractivity contribution in [2.24, 2.45) is 0 Å². The van der Waals surface area contributed by atoms with Crippen LogP contribution in [0.3, 0.4) is 0 Å². The second-order valence-electron chi connectivity index (χ2n) is 5.07. The number of ether oxygens (including phenoxy) is 1. The first-order valence-corrected chi connectivity index (χ1v) is 7.74. The summed E-state index contributed by atoms with van der Waals surface area (Å²) >= 11 is 6.02. The van der Waals surface area contributed by atoms with Gasteiger partial charge in [-0.15, -0.1) is 0 Å². The summed E-state index contributed by atoms with van der Waals surface area (Å²) in [6.07, 6.45) is 0.137. The molecule has 0 aliphatic rings. The predicted octanol–water partition coefficient (Wildman–Crippen LogP) is 4.56. The van der Waals surface area contributed by atoms with Crippen LogP contribution in [0.25, 0.3) is 11.3 Å². The number of methoxy groups -OCH3 is 1. The summed E-state index contributed by atoms with van der Waals surface area (Å²) in [6, 6.07) is 5.05. The second kappa shape index (κ2) is 7.23. The van der Waals surface area contributed by atoms with E-state index in [4.69, 9.17) is 16.3 Å². The average Bonchev–Trinajstić information content (AvgIpc) is 2.52. The van der Waals surface area contributed by atoms with Crippen LogP contribution in [0.2, 0.25) is 5.02 Å². The van der Waals surface area contributed by atoms with Crippen molar-refractivity contribution in [1.29, 1.82) is 0 Å². The molecule has 1 aromatic heterocycles. The molecular weight excluding hydrogens is 324 g/mol. The lowest BCUT2D eigenvalue weighted by Gasteiger charge is -2.22. The van der Waals surface area contributed by atoms with Crippen molar-refractivity contribution in [3.05, 3.63) is 56.8 Å². The van der Waals surface area contributed by atoms with E-state index < -0.39 is 23.3 Å². The Kier molecular flexibility index (Phi) is 5.55. The molecule has 1 unspecified atom stereocenters. The fraction of sp³-hybridized carbons (Fsp3) is 0.353. The highest BCUT2D eigenvalue weighted by Gasteiger charge is 2.24. The van der Waals surface area contributed by atoms with Gasteiger partial charge in [-0.3, -0.25) is 4.79 Å². The number of hydrogen-bond acceptors (Lipinski definition) is 2. The molecule has 0 radical (unpaired) electrons. The highest BCUT2D eigenvalue weighted by molar-refractivity contribution is 6.30. The Bertz CT molecular complexity index is 750. The van der Waals surface area contributed by atoms with Gasteiger partial charge in [-0.2, -0.15) is 0 Å². The topological polar surface area (TPSA) is 31.2 Å². The van der Waals surface area contributed by atoms with E-state index in [0.29, 0.717) is 12.0 Å². The lowest BCUT2D eigenvalue weighted by molar-refractivity contribution is 0.0999. The van der Waals surface area contributed by atoms with Crippen LogP contribution in [0.4, 0.5) is 8.78 Å². The molecule has 6 heteroatoms. The molecule has 0 aliphatic heterocycles. The van der Waals surface area contributed by atoms with E-state index in [0.717, 1.165) is 12.1 Å². The van der Waals surface area contributed by atoms with Crippen molar-refractivity contribution >= 4 is 11.6 Å². The summed E-state index contributed by atoms with van der Waals surface area (Å²) in [6.45, 7) is 3.83. The van der Waals surface area contributed by atoms with Crippen LogP contribution in [0.1, 0.15) is 31.9 Å². The van der Waals surface area contributed by atoms with Crippen molar-refractivity contribution in [2.75, 3.05) is 7.11 Å². The van der Waals surface area contributed by atoms with Gasteiger partial charge in [-0.05, 0) is 31.5 Å². The Hall–Kier alpha value is -1.72. The molecule has 1 aromatic carbocycles. The standard InChI is InChI=1S/C17H18ClF2NO2/c1-4-14(23-3)10-9-11(18)17(22)21(5-2)16(10)15-12(19)7-6-8-13(15)20/h6-9,14H,4-5H2,1-3H3. The van der Waals surface area contributed by atoms with E-state index in [1.165, 1.54) is 23.8 Å². The van der Waals surface area contributed by atoms with E-state index in [-0.39, 0.29) is 22.8 Å². The number of pyridine rings is 1. The van der Waals surface area contributed by atoms with Crippen LogP contribution in [0.15, 0.2) is 29.1 Å². The maximum atomic E-state index is 14.3. The summed E-state index contributed by atoms with van der Waals surface area (Å²) in [7, 11) is 1.50. The molecule has 3 nitrogen and oxygen atoms in total. The Morgan fingerprint density at radius 1 is 1.26 bits per heavy atom. The fourth-order valence-electron chi connectivity index (χ4n) is 2.72. The zero-order valence-corrected chi connectivity index (χ0v) is 14.0. The molecule has 0 aliphatic carbocycles. The smallest absolute Gasteiger partial charge is 0.269 e. The molecule has 124 valence electrons. The maximum absolute atomic E-state index is 14.3. The van der Waals surface area contributed by atoms with Crippen LogP contribution in [-0.4, -0.2) is 11.7 Å². The van der Waals surface area contributed by atoms with Crippen molar-refractivity contribution in [1.82, 2.24) is 4.57 Å². The van der Waals surface area contributed by atoms with Crippen LogP contribution in [-0.2, 0) is 11.3 Å². The van der Waals surface area contributed by atoms with Gasteiger partial charge in [0, 0.05) is 19.2 Å². The molecule has 0 N–H and O–H groups in total. The third-order valence-corrected chi connectivity index (χ3v) is 4.06. The van der Waals surface area contributed by atoms with Crippen molar-refractivity contribution in [3.8, 4) is 11.3 Å². The number of halogens is 3. The first kappa shape index (κ1) is 17.6.